The second-order valence-electron chi connectivity index (χ2n) is 4.38. The summed E-state index contributed by atoms with van der Waals surface area (Å²) in [7, 11) is 1.56. The van der Waals surface area contributed by atoms with Gasteiger partial charge in [-0.3, -0.25) is 4.79 Å². The Morgan fingerprint density at radius 1 is 1.27 bits per heavy atom. The van der Waals surface area contributed by atoms with Gasteiger partial charge < -0.3 is 14.8 Å². The number of hydrogen-bond acceptors (Lipinski definition) is 3. The lowest BCUT2D eigenvalue weighted by Gasteiger charge is -2.13. The summed E-state index contributed by atoms with van der Waals surface area (Å²) >= 11 is 5.62. The summed E-state index contributed by atoms with van der Waals surface area (Å²) in [5.74, 6) is 0.908. The van der Waals surface area contributed by atoms with Crippen LogP contribution in [0.1, 0.15) is 17.3 Å². The molecule has 0 aliphatic rings. The van der Waals surface area contributed by atoms with Crippen molar-refractivity contribution in [3.8, 4) is 11.5 Å². The minimum atomic E-state index is -0.203. The van der Waals surface area contributed by atoms with Crippen molar-refractivity contribution in [2.75, 3.05) is 19.0 Å². The number of hydrogen-bond donors (Lipinski definition) is 1. The number of methoxy groups -OCH3 is 1. The molecule has 0 aliphatic heterocycles. The fourth-order valence-electron chi connectivity index (χ4n) is 1.90. The van der Waals surface area contributed by atoms with E-state index >= 15 is 0 Å². The van der Waals surface area contributed by atoms with Crippen LogP contribution in [0.2, 0.25) is 0 Å². The van der Waals surface area contributed by atoms with E-state index in [1.54, 1.807) is 19.2 Å². The highest BCUT2D eigenvalue weighted by molar-refractivity contribution is 14.1. The molecule has 0 aromatic heterocycles. The largest absolute Gasteiger partial charge is 0.492 e. The van der Waals surface area contributed by atoms with Gasteiger partial charge in [0.05, 0.1) is 18.2 Å². The molecule has 2 rings (SSSR count). The molecule has 22 heavy (non-hydrogen) atoms. The molecule has 0 heterocycles. The molecule has 0 saturated carbocycles. The number of nitrogens with one attached hydrogen (secondary N) is 1. The second kappa shape index (κ2) is 7.82. The van der Waals surface area contributed by atoms with E-state index in [2.05, 4.69) is 43.8 Å². The fraction of sp³-hybridized carbons (Fsp3) is 0.188. The summed E-state index contributed by atoms with van der Waals surface area (Å²) in [6.45, 7) is 2.37. The molecule has 1 amide bonds. The first-order chi connectivity index (χ1) is 10.5. The molecule has 0 aliphatic carbocycles. The molecule has 0 saturated heterocycles. The Balaban J connectivity index is 2.27. The van der Waals surface area contributed by atoms with Gasteiger partial charge in [-0.1, -0.05) is 0 Å². The molecule has 0 atom stereocenters. The van der Waals surface area contributed by atoms with Gasteiger partial charge in [-0.05, 0) is 81.8 Å². The van der Waals surface area contributed by atoms with E-state index in [4.69, 9.17) is 9.47 Å². The van der Waals surface area contributed by atoms with E-state index in [9.17, 15) is 4.79 Å². The Morgan fingerprint density at radius 3 is 2.55 bits per heavy atom. The molecule has 0 fully saturated rings. The van der Waals surface area contributed by atoms with Crippen molar-refractivity contribution in [3.63, 3.8) is 0 Å². The number of amides is 1. The van der Waals surface area contributed by atoms with Crippen molar-refractivity contribution >= 4 is 50.1 Å². The van der Waals surface area contributed by atoms with E-state index < -0.39 is 0 Å². The lowest BCUT2D eigenvalue weighted by atomic mass is 10.2. The number of carbonyl (C=O) groups is 1. The first-order valence-electron chi connectivity index (χ1n) is 6.62. The van der Waals surface area contributed by atoms with Gasteiger partial charge in [0.25, 0.3) is 5.91 Å². The SMILES string of the molecule is CCOc1cc(C(=O)Nc2ccc(I)cc2)cc(Br)c1OC. The maximum Gasteiger partial charge on any atom is 0.255 e. The number of carbonyl (C=O) groups excluding carboxylic acids is 1. The predicted octanol–water partition coefficient (Wildman–Crippen LogP) is 4.71. The number of rotatable bonds is 5. The van der Waals surface area contributed by atoms with Crippen LogP contribution in [0.25, 0.3) is 0 Å². The Bertz CT molecular complexity index is 674. The van der Waals surface area contributed by atoms with E-state index in [0.717, 1.165) is 9.26 Å². The van der Waals surface area contributed by atoms with Gasteiger partial charge in [-0.25, -0.2) is 0 Å². The van der Waals surface area contributed by atoms with Crippen LogP contribution in [0, 0.1) is 3.57 Å². The van der Waals surface area contributed by atoms with Gasteiger partial charge in [0.2, 0.25) is 0 Å². The minimum Gasteiger partial charge on any atom is -0.492 e. The molecule has 2 aromatic rings. The average Bonchev–Trinajstić information content (AvgIpc) is 2.49. The summed E-state index contributed by atoms with van der Waals surface area (Å²) in [6.07, 6.45) is 0. The molecular formula is C16H15BrINO3. The van der Waals surface area contributed by atoms with Crippen molar-refractivity contribution < 1.29 is 14.3 Å². The lowest BCUT2D eigenvalue weighted by Crippen LogP contribution is -2.12. The number of halogens is 2. The van der Waals surface area contributed by atoms with Crippen molar-refractivity contribution in [1.82, 2.24) is 0 Å². The maximum absolute atomic E-state index is 12.4. The third kappa shape index (κ3) is 4.13. The van der Waals surface area contributed by atoms with E-state index in [1.807, 2.05) is 31.2 Å². The van der Waals surface area contributed by atoms with Crippen molar-refractivity contribution in [2.24, 2.45) is 0 Å². The van der Waals surface area contributed by atoms with Crippen LogP contribution >= 0.6 is 38.5 Å². The van der Waals surface area contributed by atoms with Crippen LogP contribution in [-0.4, -0.2) is 19.6 Å². The molecule has 0 radical (unpaired) electrons. The third-order valence-electron chi connectivity index (χ3n) is 2.88. The highest BCUT2D eigenvalue weighted by atomic mass is 127. The summed E-state index contributed by atoms with van der Waals surface area (Å²) in [5.41, 5.74) is 1.24. The smallest absolute Gasteiger partial charge is 0.255 e. The zero-order valence-electron chi connectivity index (χ0n) is 12.2. The van der Waals surface area contributed by atoms with E-state index in [1.165, 1.54) is 0 Å². The van der Waals surface area contributed by atoms with Crippen molar-refractivity contribution in [3.05, 3.63) is 50.0 Å². The van der Waals surface area contributed by atoms with Gasteiger partial charge >= 0.3 is 0 Å². The number of anilines is 1. The minimum absolute atomic E-state index is 0.203. The molecule has 116 valence electrons. The molecule has 4 nitrogen and oxygen atoms in total. The number of ether oxygens (including phenoxy) is 2. The quantitative estimate of drug-likeness (QED) is 0.637. The summed E-state index contributed by atoms with van der Waals surface area (Å²) in [6, 6.07) is 11.0. The van der Waals surface area contributed by atoms with Gasteiger partial charge in [-0.2, -0.15) is 0 Å². The summed E-state index contributed by atoms with van der Waals surface area (Å²) in [5, 5.41) is 2.86. The van der Waals surface area contributed by atoms with Crippen LogP contribution in [0.5, 0.6) is 11.5 Å². The Morgan fingerprint density at radius 2 is 1.95 bits per heavy atom. The Hall–Kier alpha value is -1.28. The lowest BCUT2D eigenvalue weighted by molar-refractivity contribution is 0.102. The molecular weight excluding hydrogens is 461 g/mol. The Labute approximate surface area is 151 Å². The predicted molar refractivity (Wildman–Crippen MR) is 99.0 cm³/mol. The molecule has 2 aromatic carbocycles. The molecule has 1 N–H and O–H groups in total. The zero-order chi connectivity index (χ0) is 16.1. The van der Waals surface area contributed by atoms with Gasteiger partial charge in [0.1, 0.15) is 0 Å². The van der Waals surface area contributed by atoms with Crippen LogP contribution in [-0.2, 0) is 0 Å². The normalized spacial score (nSPS) is 10.2. The first-order valence-corrected chi connectivity index (χ1v) is 8.49. The first kappa shape index (κ1) is 17.1. The van der Waals surface area contributed by atoms with E-state index in [0.29, 0.717) is 28.1 Å². The van der Waals surface area contributed by atoms with Gasteiger partial charge in [0, 0.05) is 14.8 Å². The average molecular weight is 476 g/mol. The van der Waals surface area contributed by atoms with Gasteiger partial charge in [0.15, 0.2) is 11.5 Å². The van der Waals surface area contributed by atoms with Crippen molar-refractivity contribution in [2.45, 2.75) is 6.92 Å². The summed E-state index contributed by atoms with van der Waals surface area (Å²) < 4.78 is 12.6. The van der Waals surface area contributed by atoms with Crippen molar-refractivity contribution in [1.29, 1.82) is 0 Å². The highest BCUT2D eigenvalue weighted by Crippen LogP contribution is 2.36. The maximum atomic E-state index is 12.4. The van der Waals surface area contributed by atoms with Crippen LogP contribution in [0.15, 0.2) is 40.9 Å². The Kier molecular flexibility index (Phi) is 6.07. The van der Waals surface area contributed by atoms with Crippen LogP contribution in [0.3, 0.4) is 0 Å². The standard InChI is InChI=1S/C16H15BrINO3/c1-3-22-14-9-10(8-13(17)15(14)21-2)16(20)19-12-6-4-11(18)5-7-12/h4-9H,3H2,1-2H3,(H,19,20). The van der Waals surface area contributed by atoms with Crippen LogP contribution < -0.4 is 14.8 Å². The van der Waals surface area contributed by atoms with Gasteiger partial charge in [-0.15, -0.1) is 0 Å². The molecule has 0 bridgehead atoms. The third-order valence-corrected chi connectivity index (χ3v) is 4.19. The molecule has 0 unspecified atom stereocenters. The second-order valence-corrected chi connectivity index (χ2v) is 6.48. The van der Waals surface area contributed by atoms with E-state index in [-0.39, 0.29) is 5.91 Å². The van der Waals surface area contributed by atoms with Crippen LogP contribution in [0.4, 0.5) is 5.69 Å². The fourth-order valence-corrected chi connectivity index (χ4v) is 2.86. The topological polar surface area (TPSA) is 47.6 Å². The molecule has 0 spiro atoms. The number of benzene rings is 2. The highest BCUT2D eigenvalue weighted by Gasteiger charge is 2.15. The summed E-state index contributed by atoms with van der Waals surface area (Å²) in [4.78, 5) is 12.4. The zero-order valence-corrected chi connectivity index (χ0v) is 15.9. The monoisotopic (exact) mass is 475 g/mol. The molecule has 6 heteroatoms.